The van der Waals surface area contributed by atoms with Gasteiger partial charge in [-0.3, -0.25) is 4.90 Å². The molecule has 23 heavy (non-hydrogen) atoms. The van der Waals surface area contributed by atoms with Gasteiger partial charge in [0.1, 0.15) is 5.82 Å². The van der Waals surface area contributed by atoms with Crippen molar-refractivity contribution in [3.05, 3.63) is 53.6 Å². The molecule has 0 spiro atoms. The topological polar surface area (TPSA) is 41.3 Å². The summed E-state index contributed by atoms with van der Waals surface area (Å²) in [5.74, 6) is 0.829. The fraction of sp³-hybridized carbons (Fsp3) is 0.438. The first-order chi connectivity index (χ1) is 10.8. The fourth-order valence-electron chi connectivity index (χ4n) is 2.51. The predicted molar refractivity (Wildman–Crippen MR) is 80.7 cm³/mol. The molecule has 1 aromatic carbocycles. The van der Waals surface area contributed by atoms with Gasteiger partial charge in [0.05, 0.1) is 18.2 Å². The van der Waals surface area contributed by atoms with E-state index in [4.69, 9.17) is 0 Å². The largest absolute Gasteiger partial charge is 0.416 e. The number of imidazole rings is 1. The van der Waals surface area contributed by atoms with Crippen molar-refractivity contribution in [2.45, 2.75) is 25.2 Å². The first-order valence-corrected chi connectivity index (χ1v) is 7.25. The highest BCUT2D eigenvalue weighted by atomic mass is 19.4. The Morgan fingerprint density at radius 1 is 1.30 bits per heavy atom. The van der Waals surface area contributed by atoms with E-state index >= 15 is 0 Å². The molecule has 7 heteroatoms. The average molecular weight is 327 g/mol. The van der Waals surface area contributed by atoms with E-state index < -0.39 is 17.8 Å². The number of aryl methyl sites for hydroxylation is 1. The molecule has 0 aliphatic carbocycles. The molecule has 126 valence electrons. The van der Waals surface area contributed by atoms with Crippen molar-refractivity contribution < 1.29 is 18.3 Å². The van der Waals surface area contributed by atoms with Crippen LogP contribution in [-0.4, -0.2) is 39.3 Å². The van der Waals surface area contributed by atoms with Gasteiger partial charge in [-0.2, -0.15) is 13.2 Å². The van der Waals surface area contributed by atoms with Crippen LogP contribution in [0.25, 0.3) is 0 Å². The Bertz CT molecular complexity index is 639. The third-order valence-corrected chi connectivity index (χ3v) is 3.63. The molecule has 1 aromatic heterocycles. The van der Waals surface area contributed by atoms with Crippen LogP contribution in [0.15, 0.2) is 36.7 Å². The summed E-state index contributed by atoms with van der Waals surface area (Å²) in [6, 6.07) is 5.35. The number of halogens is 3. The van der Waals surface area contributed by atoms with E-state index in [2.05, 4.69) is 4.98 Å². The van der Waals surface area contributed by atoms with Crippen molar-refractivity contribution in [3.63, 3.8) is 0 Å². The van der Waals surface area contributed by atoms with Crippen LogP contribution in [0, 0.1) is 0 Å². The first kappa shape index (κ1) is 17.5. The van der Waals surface area contributed by atoms with Gasteiger partial charge >= 0.3 is 6.18 Å². The minimum atomic E-state index is -4.41. The minimum absolute atomic E-state index is 0.0411. The third kappa shape index (κ3) is 4.80. The number of hydrogen-bond acceptors (Lipinski definition) is 3. The summed E-state index contributed by atoms with van der Waals surface area (Å²) in [6.45, 7) is 0.778. The summed E-state index contributed by atoms with van der Waals surface area (Å²) >= 11 is 0. The maximum Gasteiger partial charge on any atom is 0.416 e. The van der Waals surface area contributed by atoms with Gasteiger partial charge in [0.25, 0.3) is 0 Å². The number of likely N-dealkylation sites (N-methyl/N-ethyl adjacent to an activating group) is 1. The van der Waals surface area contributed by atoms with Crippen molar-refractivity contribution in [1.82, 2.24) is 14.5 Å². The van der Waals surface area contributed by atoms with Gasteiger partial charge in [-0.25, -0.2) is 4.98 Å². The van der Waals surface area contributed by atoms with Gasteiger partial charge < -0.3 is 9.67 Å². The zero-order valence-corrected chi connectivity index (χ0v) is 13.1. The number of benzene rings is 1. The van der Waals surface area contributed by atoms with Crippen molar-refractivity contribution in [2.24, 2.45) is 7.05 Å². The number of hydrogen-bond donors (Lipinski definition) is 1. The molecule has 0 aliphatic heterocycles. The molecule has 1 N–H and O–H groups in total. The molecule has 1 unspecified atom stereocenters. The molecule has 0 amide bonds. The second kappa shape index (κ2) is 7.14. The molecule has 0 bridgehead atoms. The van der Waals surface area contributed by atoms with E-state index in [0.717, 1.165) is 11.9 Å². The van der Waals surface area contributed by atoms with Gasteiger partial charge in [-0.15, -0.1) is 0 Å². The Balaban J connectivity index is 1.97. The van der Waals surface area contributed by atoms with E-state index in [0.29, 0.717) is 6.54 Å². The Hall–Kier alpha value is -1.86. The molecule has 0 fully saturated rings. The second-order valence-corrected chi connectivity index (χ2v) is 5.66. The van der Waals surface area contributed by atoms with Gasteiger partial charge in [0.2, 0.25) is 0 Å². The maximum atomic E-state index is 13.0. The smallest absolute Gasteiger partial charge is 0.391 e. The summed E-state index contributed by atoms with van der Waals surface area (Å²) in [4.78, 5) is 6.02. The molecule has 1 heterocycles. The van der Waals surface area contributed by atoms with E-state index in [1.165, 1.54) is 12.1 Å². The summed E-state index contributed by atoms with van der Waals surface area (Å²) < 4.78 is 40.7. The van der Waals surface area contributed by atoms with Crippen molar-refractivity contribution >= 4 is 0 Å². The van der Waals surface area contributed by atoms with Crippen LogP contribution in [0.5, 0.6) is 0 Å². The molecule has 2 aromatic rings. The summed E-state index contributed by atoms with van der Waals surface area (Å²) in [6.07, 6.45) is -1.84. The number of rotatable bonds is 6. The number of aliphatic hydroxyl groups excluding tert-OH is 1. The standard InChI is InChI=1S/C16H20F3N3O/c1-21(11-15-20-7-8-22(15)2)10-13(23)9-12-5-3-4-6-14(12)16(17,18)19/h3-8,13,23H,9-11H2,1-2H3. The third-order valence-electron chi connectivity index (χ3n) is 3.63. The van der Waals surface area contributed by atoms with Crippen molar-refractivity contribution in [3.8, 4) is 0 Å². The average Bonchev–Trinajstić information content (AvgIpc) is 2.83. The Labute approximate surface area is 133 Å². The number of aliphatic hydroxyl groups is 1. The SMILES string of the molecule is CN(Cc1nccn1C)CC(O)Cc1ccccc1C(F)(F)F. The Morgan fingerprint density at radius 2 is 2.00 bits per heavy atom. The molecule has 2 rings (SSSR count). The first-order valence-electron chi connectivity index (χ1n) is 7.25. The number of alkyl halides is 3. The molecule has 1 atom stereocenters. The second-order valence-electron chi connectivity index (χ2n) is 5.66. The molecule has 0 saturated carbocycles. The van der Waals surface area contributed by atoms with Crippen molar-refractivity contribution in [2.75, 3.05) is 13.6 Å². The molecule has 0 saturated heterocycles. The lowest BCUT2D eigenvalue weighted by Gasteiger charge is -2.21. The zero-order valence-electron chi connectivity index (χ0n) is 13.1. The van der Waals surface area contributed by atoms with Crippen molar-refractivity contribution in [1.29, 1.82) is 0 Å². The van der Waals surface area contributed by atoms with Crippen LogP contribution in [0.2, 0.25) is 0 Å². The molecular weight excluding hydrogens is 307 g/mol. The van der Waals surface area contributed by atoms with E-state index in [1.54, 1.807) is 19.3 Å². The highest BCUT2D eigenvalue weighted by Gasteiger charge is 2.33. The molecule has 4 nitrogen and oxygen atoms in total. The van der Waals surface area contributed by atoms with Crippen LogP contribution in [-0.2, 0) is 26.2 Å². The Morgan fingerprint density at radius 3 is 2.61 bits per heavy atom. The van der Waals surface area contributed by atoms with Gasteiger partial charge in [0, 0.05) is 32.4 Å². The van der Waals surface area contributed by atoms with Gasteiger partial charge in [-0.1, -0.05) is 18.2 Å². The number of nitrogens with zero attached hydrogens (tertiary/aromatic N) is 3. The summed E-state index contributed by atoms with van der Waals surface area (Å²) in [5.41, 5.74) is -0.580. The van der Waals surface area contributed by atoms with E-state index in [9.17, 15) is 18.3 Å². The normalized spacial score (nSPS) is 13.5. The lowest BCUT2D eigenvalue weighted by Crippen LogP contribution is -2.31. The minimum Gasteiger partial charge on any atom is -0.391 e. The fourth-order valence-corrected chi connectivity index (χ4v) is 2.51. The lowest BCUT2D eigenvalue weighted by atomic mass is 10.0. The zero-order chi connectivity index (χ0) is 17.0. The van der Waals surface area contributed by atoms with E-state index in [1.807, 2.05) is 22.7 Å². The molecule has 0 aliphatic rings. The van der Waals surface area contributed by atoms with Crippen LogP contribution in [0.3, 0.4) is 0 Å². The number of aromatic nitrogens is 2. The summed E-state index contributed by atoms with van der Waals surface area (Å²) in [7, 11) is 3.67. The van der Waals surface area contributed by atoms with Crippen LogP contribution in [0.1, 0.15) is 17.0 Å². The highest BCUT2D eigenvalue weighted by Crippen LogP contribution is 2.32. The van der Waals surface area contributed by atoms with E-state index in [-0.39, 0.29) is 18.5 Å². The summed E-state index contributed by atoms with van der Waals surface area (Å²) in [5, 5.41) is 10.1. The highest BCUT2D eigenvalue weighted by molar-refractivity contribution is 5.30. The van der Waals surface area contributed by atoms with Gasteiger partial charge in [0.15, 0.2) is 0 Å². The monoisotopic (exact) mass is 327 g/mol. The molecule has 0 radical (unpaired) electrons. The molecular formula is C16H20F3N3O. The maximum absolute atomic E-state index is 13.0. The van der Waals surface area contributed by atoms with Crippen LogP contribution >= 0.6 is 0 Å². The van der Waals surface area contributed by atoms with Gasteiger partial charge in [-0.05, 0) is 18.7 Å². The van der Waals surface area contributed by atoms with Crippen LogP contribution < -0.4 is 0 Å². The van der Waals surface area contributed by atoms with Crippen LogP contribution in [0.4, 0.5) is 13.2 Å². The predicted octanol–water partition coefficient (Wildman–Crippen LogP) is 2.47. The lowest BCUT2D eigenvalue weighted by molar-refractivity contribution is -0.138. The quantitative estimate of drug-likeness (QED) is 0.886. The Kier molecular flexibility index (Phi) is 5.43.